The highest BCUT2D eigenvalue weighted by molar-refractivity contribution is 7.95. The van der Waals surface area contributed by atoms with E-state index in [4.69, 9.17) is 4.74 Å². The van der Waals surface area contributed by atoms with Gasteiger partial charge in [-0.3, -0.25) is 10.1 Å². The molecule has 130 valence electrons. The maximum Gasteiger partial charge on any atom is 0.331 e. The van der Waals surface area contributed by atoms with Gasteiger partial charge in [0.1, 0.15) is 6.20 Å². The number of piperidine rings is 1. The van der Waals surface area contributed by atoms with Crippen molar-refractivity contribution in [2.24, 2.45) is 0 Å². The van der Waals surface area contributed by atoms with Crippen LogP contribution in [0.5, 0.6) is 0 Å². The number of alkyl halides is 2. The van der Waals surface area contributed by atoms with E-state index in [2.05, 4.69) is 5.10 Å². The monoisotopic (exact) mass is 351 g/mol. The molecule has 0 atom stereocenters. The lowest BCUT2D eigenvalue weighted by atomic mass is 10.1. The number of aromatic nitrogens is 2. The van der Waals surface area contributed by atoms with Gasteiger partial charge in [0.2, 0.25) is 11.8 Å². The van der Waals surface area contributed by atoms with Crippen LogP contribution in [0, 0.1) is 10.1 Å². The van der Waals surface area contributed by atoms with Gasteiger partial charge in [-0.05, 0) is 6.42 Å². The average Bonchev–Trinajstić information content (AvgIpc) is 2.86. The minimum Gasteiger partial charge on any atom is -0.345 e. The lowest BCUT2D eigenvalue weighted by molar-refractivity contribution is -0.384. The SMILES string of the molecule is C[S+](C)COCCn1ncc([N+](=O)[O-])c1N1CCCC(F)(F)C1. The van der Waals surface area contributed by atoms with Gasteiger partial charge in [0.25, 0.3) is 5.92 Å². The largest absolute Gasteiger partial charge is 0.345 e. The predicted molar refractivity (Wildman–Crippen MR) is 85.3 cm³/mol. The Balaban J connectivity index is 2.14. The van der Waals surface area contributed by atoms with Gasteiger partial charge in [-0.2, -0.15) is 5.10 Å². The van der Waals surface area contributed by atoms with Gasteiger partial charge in [0.05, 0.1) is 37.1 Å². The van der Waals surface area contributed by atoms with Crippen LogP contribution >= 0.6 is 0 Å². The number of nitrogens with zero attached hydrogens (tertiary/aromatic N) is 4. The second-order valence-electron chi connectivity index (χ2n) is 5.73. The van der Waals surface area contributed by atoms with Crippen LogP contribution in [-0.4, -0.2) is 58.8 Å². The molecule has 1 saturated heterocycles. The summed E-state index contributed by atoms with van der Waals surface area (Å²) in [6, 6.07) is 0. The third kappa shape index (κ3) is 4.77. The van der Waals surface area contributed by atoms with E-state index in [0.717, 1.165) is 6.20 Å². The van der Waals surface area contributed by atoms with Crippen molar-refractivity contribution in [1.82, 2.24) is 9.78 Å². The van der Waals surface area contributed by atoms with Gasteiger partial charge in [-0.15, -0.1) is 0 Å². The van der Waals surface area contributed by atoms with Crippen molar-refractivity contribution in [3.05, 3.63) is 16.3 Å². The first kappa shape index (κ1) is 17.9. The number of hydrogen-bond donors (Lipinski definition) is 0. The maximum atomic E-state index is 13.6. The second kappa shape index (κ2) is 7.43. The highest BCUT2D eigenvalue weighted by Crippen LogP contribution is 2.34. The Morgan fingerprint density at radius 1 is 1.52 bits per heavy atom. The molecule has 2 heterocycles. The van der Waals surface area contributed by atoms with Crippen LogP contribution in [0.4, 0.5) is 20.3 Å². The zero-order chi connectivity index (χ0) is 17.0. The number of halogens is 2. The van der Waals surface area contributed by atoms with Crippen molar-refractivity contribution in [2.45, 2.75) is 25.3 Å². The average molecular weight is 351 g/mol. The van der Waals surface area contributed by atoms with E-state index in [1.807, 2.05) is 12.5 Å². The molecule has 0 saturated carbocycles. The van der Waals surface area contributed by atoms with E-state index in [0.29, 0.717) is 32.1 Å². The molecule has 0 bridgehead atoms. The molecule has 1 aromatic rings. The number of hydrogen-bond acceptors (Lipinski definition) is 5. The molecule has 0 spiro atoms. The summed E-state index contributed by atoms with van der Waals surface area (Å²) in [6.07, 6.45) is 5.30. The van der Waals surface area contributed by atoms with Crippen molar-refractivity contribution in [3.63, 3.8) is 0 Å². The summed E-state index contributed by atoms with van der Waals surface area (Å²) in [5.41, 5.74) is -0.242. The van der Waals surface area contributed by atoms with E-state index in [1.54, 1.807) is 0 Å². The highest BCUT2D eigenvalue weighted by Gasteiger charge is 2.38. The zero-order valence-corrected chi connectivity index (χ0v) is 14.0. The van der Waals surface area contributed by atoms with Crippen LogP contribution in [0.2, 0.25) is 0 Å². The molecule has 1 aliphatic heterocycles. The van der Waals surface area contributed by atoms with Gasteiger partial charge in [0.15, 0.2) is 0 Å². The molecule has 0 unspecified atom stereocenters. The molecule has 10 heteroatoms. The third-order valence-electron chi connectivity index (χ3n) is 3.45. The normalized spacial score (nSPS) is 17.7. The van der Waals surface area contributed by atoms with Crippen LogP contribution in [-0.2, 0) is 22.2 Å². The van der Waals surface area contributed by atoms with E-state index < -0.39 is 17.4 Å². The molecular weight excluding hydrogens is 330 g/mol. The Kier molecular flexibility index (Phi) is 5.79. The summed E-state index contributed by atoms with van der Waals surface area (Å²) >= 11 is 0. The Hall–Kier alpha value is -1.42. The van der Waals surface area contributed by atoms with Crippen molar-refractivity contribution in [1.29, 1.82) is 0 Å². The molecule has 23 heavy (non-hydrogen) atoms. The fraction of sp³-hybridized carbons (Fsp3) is 0.769. The Labute approximate surface area is 136 Å². The molecule has 0 amide bonds. The molecule has 2 rings (SSSR count). The summed E-state index contributed by atoms with van der Waals surface area (Å²) in [5, 5.41) is 15.2. The quantitative estimate of drug-likeness (QED) is 0.325. The molecule has 1 fully saturated rings. The molecule has 0 aromatic carbocycles. The first-order valence-corrected chi connectivity index (χ1v) is 9.46. The van der Waals surface area contributed by atoms with Crippen LogP contribution in [0.25, 0.3) is 0 Å². The smallest absolute Gasteiger partial charge is 0.331 e. The van der Waals surface area contributed by atoms with E-state index in [-0.39, 0.29) is 28.8 Å². The fourth-order valence-electron chi connectivity index (χ4n) is 2.51. The predicted octanol–water partition coefficient (Wildman–Crippen LogP) is 1.88. The molecule has 0 N–H and O–H groups in total. The number of nitro groups is 1. The molecule has 1 aromatic heterocycles. The standard InChI is InChI=1S/C13H21F2N4O3S/c1-23(2)10-22-7-6-18-12(11(8-16-18)19(20)21)17-5-3-4-13(14,15)9-17/h8H,3-7,9-10H2,1-2H3/q+1. The van der Waals surface area contributed by atoms with E-state index in [9.17, 15) is 18.9 Å². The van der Waals surface area contributed by atoms with Crippen molar-refractivity contribution in [2.75, 3.05) is 43.0 Å². The van der Waals surface area contributed by atoms with Gasteiger partial charge >= 0.3 is 5.69 Å². The van der Waals surface area contributed by atoms with Gasteiger partial charge < -0.3 is 9.64 Å². The maximum absolute atomic E-state index is 13.6. The molecule has 0 radical (unpaired) electrons. The molecular formula is C13H21F2N4O3S+. The lowest BCUT2D eigenvalue weighted by Crippen LogP contribution is -2.43. The lowest BCUT2D eigenvalue weighted by Gasteiger charge is -2.33. The highest BCUT2D eigenvalue weighted by atomic mass is 32.2. The minimum absolute atomic E-state index is 0.135. The summed E-state index contributed by atoms with van der Waals surface area (Å²) in [6.45, 7) is 0.466. The van der Waals surface area contributed by atoms with Crippen LogP contribution in [0.15, 0.2) is 6.20 Å². The fourth-order valence-corrected chi connectivity index (χ4v) is 2.96. The Morgan fingerprint density at radius 2 is 2.26 bits per heavy atom. The van der Waals surface area contributed by atoms with Crippen LogP contribution < -0.4 is 4.90 Å². The zero-order valence-electron chi connectivity index (χ0n) is 13.2. The molecule has 7 nitrogen and oxygen atoms in total. The van der Waals surface area contributed by atoms with Crippen molar-refractivity contribution < 1.29 is 18.4 Å². The van der Waals surface area contributed by atoms with Gasteiger partial charge in [-0.1, -0.05) is 0 Å². The van der Waals surface area contributed by atoms with E-state index in [1.165, 1.54) is 9.58 Å². The Morgan fingerprint density at radius 3 is 2.87 bits per heavy atom. The number of ether oxygens (including phenoxy) is 1. The van der Waals surface area contributed by atoms with Crippen molar-refractivity contribution in [3.8, 4) is 0 Å². The molecule has 0 aliphatic carbocycles. The number of rotatable bonds is 7. The van der Waals surface area contributed by atoms with Gasteiger partial charge in [0, 0.05) is 23.9 Å². The van der Waals surface area contributed by atoms with Gasteiger partial charge in [-0.25, -0.2) is 13.5 Å². The van der Waals surface area contributed by atoms with E-state index >= 15 is 0 Å². The first-order chi connectivity index (χ1) is 10.8. The van der Waals surface area contributed by atoms with Crippen molar-refractivity contribution >= 4 is 22.4 Å². The first-order valence-electron chi connectivity index (χ1n) is 7.25. The van der Waals surface area contributed by atoms with Crippen LogP contribution in [0.1, 0.15) is 12.8 Å². The second-order valence-corrected chi connectivity index (χ2v) is 7.93. The molecule has 1 aliphatic rings. The summed E-state index contributed by atoms with van der Waals surface area (Å²) in [7, 11) is 0.135. The summed E-state index contributed by atoms with van der Waals surface area (Å²) in [4.78, 5) is 11.9. The third-order valence-corrected chi connectivity index (χ3v) is 4.09. The topological polar surface area (TPSA) is 73.4 Å². The summed E-state index contributed by atoms with van der Waals surface area (Å²) in [5.74, 6) is -2.10. The van der Waals surface area contributed by atoms with Crippen LogP contribution in [0.3, 0.4) is 0 Å². The number of anilines is 1. The summed E-state index contributed by atoms with van der Waals surface area (Å²) < 4.78 is 34.1. The Bertz CT molecular complexity index is 553. The minimum atomic E-state index is -2.84.